The Morgan fingerprint density at radius 1 is 1.06 bits per heavy atom. The van der Waals surface area contributed by atoms with Crippen LogP contribution in [0, 0.1) is 26.0 Å². The lowest BCUT2D eigenvalue weighted by molar-refractivity contribution is -0.395. The van der Waals surface area contributed by atoms with Gasteiger partial charge in [-0.3, -0.25) is 34.6 Å². The van der Waals surface area contributed by atoms with Crippen LogP contribution in [0.3, 0.4) is 0 Å². The van der Waals surface area contributed by atoms with Crippen molar-refractivity contribution < 1.29 is 18.8 Å². The summed E-state index contributed by atoms with van der Waals surface area (Å²) in [5.41, 5.74) is -1.90. The molecule has 0 bridgehead atoms. The normalized spacial score (nSPS) is 10.9. The lowest BCUT2D eigenvalue weighted by Gasteiger charge is -2.05. The quantitative estimate of drug-likeness (QED) is 0.288. The number of hydrogen-bond acceptors (Lipinski definition) is 9. The predicted molar refractivity (Wildman–Crippen MR) is 117 cm³/mol. The van der Waals surface area contributed by atoms with E-state index in [1.165, 1.54) is 0 Å². The van der Waals surface area contributed by atoms with E-state index in [-0.39, 0.29) is 28.3 Å². The second-order valence-electron chi connectivity index (χ2n) is 6.83. The first-order valence-corrected chi connectivity index (χ1v) is 9.98. The average Bonchev–Trinajstić information content (AvgIpc) is 3.28. The van der Waals surface area contributed by atoms with Crippen molar-refractivity contribution in [1.29, 1.82) is 0 Å². The monoisotopic (exact) mass is 532 g/mol. The van der Waals surface area contributed by atoms with Gasteiger partial charge in [0.25, 0.3) is 22.8 Å². The molecule has 0 fully saturated rings. The molecule has 4 aromatic rings. The molecule has 15 heteroatoms. The maximum absolute atomic E-state index is 13.4. The topological polar surface area (TPSA) is 180 Å². The van der Waals surface area contributed by atoms with E-state index in [9.17, 15) is 34.2 Å². The molecule has 4 rings (SSSR count). The summed E-state index contributed by atoms with van der Waals surface area (Å²) < 4.78 is 19.3. The van der Waals surface area contributed by atoms with E-state index in [0.29, 0.717) is 11.1 Å². The third-order valence-corrected chi connectivity index (χ3v) is 5.45. The van der Waals surface area contributed by atoms with Gasteiger partial charge in [0.15, 0.2) is 4.47 Å². The van der Waals surface area contributed by atoms with Crippen molar-refractivity contribution in [3.8, 4) is 22.8 Å². The number of hydrogen-bond donors (Lipinski definition) is 1. The summed E-state index contributed by atoms with van der Waals surface area (Å²) >= 11 is 2.86. The highest BCUT2D eigenvalue weighted by Gasteiger charge is 2.27. The lowest BCUT2D eigenvalue weighted by Crippen LogP contribution is -2.31. The Balaban J connectivity index is 1.62. The maximum atomic E-state index is 13.4. The summed E-state index contributed by atoms with van der Waals surface area (Å²) in [5, 5.41) is 26.3. The van der Waals surface area contributed by atoms with Gasteiger partial charge in [0.2, 0.25) is 11.6 Å². The van der Waals surface area contributed by atoms with Crippen LogP contribution in [0.5, 0.6) is 0 Å². The molecule has 0 amide bonds. The van der Waals surface area contributed by atoms with Crippen LogP contribution in [0.2, 0.25) is 0 Å². The minimum Gasteiger partial charge on any atom is -0.334 e. The highest BCUT2D eigenvalue weighted by atomic mass is 79.9. The zero-order valence-electron chi connectivity index (χ0n) is 16.6. The molecule has 2 aromatic heterocycles. The van der Waals surface area contributed by atoms with Gasteiger partial charge >= 0.3 is 5.69 Å². The zero-order chi connectivity index (χ0) is 24.6. The van der Waals surface area contributed by atoms with Gasteiger partial charge < -0.3 is 4.52 Å². The van der Waals surface area contributed by atoms with Crippen molar-refractivity contribution in [1.82, 2.24) is 19.7 Å². The molecule has 0 aliphatic carbocycles. The van der Waals surface area contributed by atoms with Gasteiger partial charge in [0.1, 0.15) is 0 Å². The molecule has 2 heterocycles. The van der Waals surface area contributed by atoms with Crippen molar-refractivity contribution in [3.05, 3.63) is 99.5 Å². The van der Waals surface area contributed by atoms with E-state index in [0.717, 1.165) is 22.9 Å². The highest BCUT2D eigenvalue weighted by molar-refractivity contribution is 9.10. The van der Waals surface area contributed by atoms with Crippen LogP contribution in [-0.4, -0.2) is 29.5 Å². The van der Waals surface area contributed by atoms with Crippen LogP contribution in [0.1, 0.15) is 5.56 Å². The van der Waals surface area contributed by atoms with Crippen LogP contribution >= 0.6 is 15.9 Å². The van der Waals surface area contributed by atoms with Gasteiger partial charge in [-0.05, 0) is 21.5 Å². The third-order valence-electron chi connectivity index (χ3n) is 4.63. The Bertz CT molecular complexity index is 1530. The van der Waals surface area contributed by atoms with Crippen LogP contribution in [0.25, 0.3) is 22.8 Å². The molecule has 34 heavy (non-hydrogen) atoms. The summed E-state index contributed by atoms with van der Waals surface area (Å²) in [5.74, 6) is -1.17. The van der Waals surface area contributed by atoms with Gasteiger partial charge in [-0.1, -0.05) is 29.4 Å². The van der Waals surface area contributed by atoms with Crippen LogP contribution in [-0.2, 0) is 6.54 Å². The molecule has 0 saturated carbocycles. The van der Waals surface area contributed by atoms with E-state index in [4.69, 9.17) is 4.52 Å². The largest absolute Gasteiger partial charge is 0.334 e. The summed E-state index contributed by atoms with van der Waals surface area (Å²) in [6, 6.07) is 8.52. The van der Waals surface area contributed by atoms with Gasteiger partial charge in [-0.15, -0.1) is 0 Å². The predicted octanol–water partition coefficient (Wildman–Crippen LogP) is 3.02. The molecule has 0 unspecified atom stereocenters. The second-order valence-corrected chi connectivity index (χ2v) is 7.62. The van der Waals surface area contributed by atoms with Crippen molar-refractivity contribution in [2.45, 2.75) is 6.54 Å². The van der Waals surface area contributed by atoms with E-state index in [2.05, 4.69) is 26.1 Å². The number of H-pyrrole nitrogens is 1. The molecule has 0 aliphatic rings. The Morgan fingerprint density at radius 2 is 1.68 bits per heavy atom. The molecular formula is C19H10BrFN6O7. The van der Waals surface area contributed by atoms with Crippen LogP contribution < -0.4 is 11.2 Å². The zero-order valence-corrected chi connectivity index (χ0v) is 18.2. The number of aromatic nitrogens is 4. The number of nitro benzene ring substituents is 2. The molecule has 172 valence electrons. The number of halogens is 2. The van der Waals surface area contributed by atoms with Crippen LogP contribution in [0.4, 0.5) is 15.8 Å². The molecule has 13 nitrogen and oxygen atoms in total. The summed E-state index contributed by atoms with van der Waals surface area (Å²) in [6.07, 6.45) is 0.803. The highest BCUT2D eigenvalue weighted by Crippen LogP contribution is 2.38. The number of nitro groups is 2. The van der Waals surface area contributed by atoms with Crippen molar-refractivity contribution in [2.24, 2.45) is 0 Å². The molecule has 0 atom stereocenters. The lowest BCUT2D eigenvalue weighted by atomic mass is 10.1. The number of nitrogens with zero attached hydrogens (tertiary/aromatic N) is 5. The van der Waals surface area contributed by atoms with Gasteiger partial charge in [-0.2, -0.15) is 9.37 Å². The third kappa shape index (κ3) is 4.36. The minimum atomic E-state index is -1.11. The van der Waals surface area contributed by atoms with Crippen LogP contribution in [0.15, 0.2) is 61.2 Å². The SMILES string of the molecule is O=c1[nH]c(=O)n(Cc2ccc(-c3noc(-c4cc([N+](=O)[O-])c(Br)c([N+](=O)[O-])c4)n3)cc2)cc1F. The van der Waals surface area contributed by atoms with Gasteiger partial charge in [-0.25, -0.2) is 4.79 Å². The fourth-order valence-electron chi connectivity index (χ4n) is 3.00. The smallest absolute Gasteiger partial charge is 0.328 e. The van der Waals surface area contributed by atoms with E-state index >= 15 is 0 Å². The van der Waals surface area contributed by atoms with E-state index in [1.807, 2.05) is 4.98 Å². The first-order chi connectivity index (χ1) is 16.1. The second kappa shape index (κ2) is 8.78. The number of benzene rings is 2. The Hall–Kier alpha value is -4.53. The average molecular weight is 533 g/mol. The fourth-order valence-corrected chi connectivity index (χ4v) is 3.52. The molecule has 0 aliphatic heterocycles. The van der Waals surface area contributed by atoms with E-state index in [1.54, 1.807) is 24.3 Å². The van der Waals surface area contributed by atoms with E-state index < -0.39 is 38.3 Å². The molecular weight excluding hydrogens is 523 g/mol. The standard InChI is InChI=1S/C19H10BrFN6O7/c20-15-13(26(30)31)5-11(6-14(15)27(32)33)18-22-16(24-34-18)10-3-1-9(2-4-10)7-25-8-12(21)17(28)23-19(25)29/h1-6,8H,7H2,(H,23,28,29). The number of aromatic amines is 1. The van der Waals surface area contributed by atoms with Gasteiger partial charge in [0, 0.05) is 17.7 Å². The summed E-state index contributed by atoms with van der Waals surface area (Å²) in [6.45, 7) is -0.0173. The van der Waals surface area contributed by atoms with Crippen molar-refractivity contribution in [2.75, 3.05) is 0 Å². The fraction of sp³-hybridized carbons (Fsp3) is 0.0526. The maximum Gasteiger partial charge on any atom is 0.328 e. The van der Waals surface area contributed by atoms with Gasteiger partial charge in [0.05, 0.1) is 28.2 Å². The Labute approximate surface area is 194 Å². The Morgan fingerprint density at radius 3 is 2.26 bits per heavy atom. The first-order valence-electron chi connectivity index (χ1n) is 9.19. The Kier molecular flexibility index (Phi) is 5.85. The van der Waals surface area contributed by atoms with Crippen molar-refractivity contribution >= 4 is 27.3 Å². The molecule has 0 spiro atoms. The summed E-state index contributed by atoms with van der Waals surface area (Å²) in [4.78, 5) is 49.9. The molecule has 0 saturated heterocycles. The minimum absolute atomic E-state index is 0.0172. The number of rotatable bonds is 6. The molecule has 1 N–H and O–H groups in total. The number of nitrogens with one attached hydrogen (secondary N) is 1. The summed E-state index contributed by atoms with van der Waals surface area (Å²) in [7, 11) is 0. The molecule has 0 radical (unpaired) electrons. The first kappa shape index (κ1) is 22.7. The molecule has 2 aromatic carbocycles. The van der Waals surface area contributed by atoms with Crippen molar-refractivity contribution in [3.63, 3.8) is 0 Å².